The minimum Gasteiger partial charge on any atom is -0.454 e. The van der Waals surface area contributed by atoms with E-state index in [0.29, 0.717) is 24.5 Å². The number of aromatic nitrogens is 1. The van der Waals surface area contributed by atoms with Crippen LogP contribution < -0.4 is 9.47 Å². The van der Waals surface area contributed by atoms with Crippen LogP contribution in [0.2, 0.25) is 0 Å². The van der Waals surface area contributed by atoms with Crippen molar-refractivity contribution in [3.63, 3.8) is 0 Å². The Bertz CT molecular complexity index is 1190. The first-order chi connectivity index (χ1) is 14.9. The second-order valence-electron chi connectivity index (χ2n) is 8.35. The highest BCUT2D eigenvalue weighted by Gasteiger charge is 2.46. The third kappa shape index (κ3) is 2.80. The maximum Gasteiger partial charge on any atom is 0.246 e. The lowest BCUT2D eigenvalue weighted by atomic mass is 9.80. The number of nitrogens with one attached hydrogen (secondary N) is 1. The zero-order valence-corrected chi connectivity index (χ0v) is 17.8. The molecule has 3 aromatic rings. The number of H-pyrrole nitrogens is 1. The van der Waals surface area contributed by atoms with Crippen molar-refractivity contribution < 1.29 is 19.1 Å². The molecule has 0 radical (unpaired) electrons. The van der Waals surface area contributed by atoms with Gasteiger partial charge in [0.15, 0.2) is 11.5 Å². The number of likely N-dealkylation sites (N-methyl/N-ethyl adjacent to an activating group) is 1. The lowest BCUT2D eigenvalue weighted by Gasteiger charge is -2.46. The summed E-state index contributed by atoms with van der Waals surface area (Å²) in [6, 6.07) is 13.5. The number of hydrogen-bond donors (Lipinski definition) is 1. The molecule has 5 rings (SSSR count). The summed E-state index contributed by atoms with van der Waals surface area (Å²) < 4.78 is 11.1. The van der Waals surface area contributed by atoms with Crippen molar-refractivity contribution in [3.05, 3.63) is 59.3 Å². The third-order valence-electron chi connectivity index (χ3n) is 6.76. The number of benzene rings is 2. The first-order valence-corrected chi connectivity index (χ1v) is 10.4. The van der Waals surface area contributed by atoms with Gasteiger partial charge in [-0.1, -0.05) is 24.3 Å². The monoisotopic (exact) mass is 419 g/mol. The first kappa shape index (κ1) is 19.5. The average molecular weight is 419 g/mol. The van der Waals surface area contributed by atoms with Crippen molar-refractivity contribution in [2.24, 2.45) is 0 Å². The summed E-state index contributed by atoms with van der Waals surface area (Å²) in [5, 5.41) is 1.18. The predicted octanol–water partition coefficient (Wildman–Crippen LogP) is 3.02. The van der Waals surface area contributed by atoms with Gasteiger partial charge in [0.05, 0.1) is 0 Å². The van der Waals surface area contributed by atoms with Gasteiger partial charge in [0.2, 0.25) is 19.1 Å². The van der Waals surface area contributed by atoms with Crippen LogP contribution >= 0.6 is 0 Å². The molecular formula is C24H25N3O4. The Balaban J connectivity index is 1.70. The maximum atomic E-state index is 13.6. The van der Waals surface area contributed by atoms with Crippen molar-refractivity contribution in [2.75, 3.05) is 20.4 Å². The molecule has 0 aliphatic carbocycles. The molecule has 2 atom stereocenters. The van der Waals surface area contributed by atoms with Crippen molar-refractivity contribution >= 4 is 23.2 Å². The minimum absolute atomic E-state index is 0.0981. The van der Waals surface area contributed by atoms with Gasteiger partial charge in [-0.05, 0) is 49.6 Å². The van der Waals surface area contributed by atoms with Gasteiger partial charge < -0.3 is 24.3 Å². The summed E-state index contributed by atoms with van der Waals surface area (Å²) >= 11 is 0. The van der Waals surface area contributed by atoms with Gasteiger partial charge in [0.25, 0.3) is 0 Å². The smallest absolute Gasteiger partial charge is 0.246 e. The van der Waals surface area contributed by atoms with Crippen LogP contribution in [0, 0.1) is 0 Å². The van der Waals surface area contributed by atoms with Gasteiger partial charge in [-0.2, -0.15) is 0 Å². The fourth-order valence-electron chi connectivity index (χ4n) is 4.78. The van der Waals surface area contributed by atoms with Crippen LogP contribution in [0.1, 0.15) is 30.7 Å². The molecule has 2 aliphatic heterocycles. The van der Waals surface area contributed by atoms with Crippen LogP contribution in [0.5, 0.6) is 11.5 Å². The molecule has 7 nitrogen and oxygen atoms in total. The Kier molecular flexibility index (Phi) is 4.43. The second kappa shape index (κ2) is 7.04. The largest absolute Gasteiger partial charge is 0.454 e. The molecule has 2 aromatic carbocycles. The van der Waals surface area contributed by atoms with Crippen molar-refractivity contribution in [1.29, 1.82) is 0 Å². The molecule has 1 N–H and O–H groups in total. The van der Waals surface area contributed by atoms with Crippen LogP contribution in [-0.4, -0.2) is 53.5 Å². The number of rotatable bonds is 4. The number of fused-ring (bicyclic) bond motifs is 4. The van der Waals surface area contributed by atoms with Crippen molar-refractivity contribution in [3.8, 4) is 11.5 Å². The number of ether oxygens (including phenoxy) is 2. The number of para-hydroxylation sites is 1. The maximum absolute atomic E-state index is 13.6. The lowest BCUT2D eigenvalue weighted by Crippen LogP contribution is -2.57. The van der Waals surface area contributed by atoms with E-state index in [1.807, 2.05) is 35.2 Å². The van der Waals surface area contributed by atoms with Crippen LogP contribution in [-0.2, 0) is 21.5 Å². The van der Waals surface area contributed by atoms with Gasteiger partial charge in [0, 0.05) is 30.2 Å². The summed E-state index contributed by atoms with van der Waals surface area (Å²) in [5.41, 5.74) is 3.43. The molecule has 2 unspecified atom stereocenters. The van der Waals surface area contributed by atoms with Crippen LogP contribution in [0.15, 0.2) is 42.5 Å². The normalized spacial score (nSPS) is 20.4. The second-order valence-corrected chi connectivity index (χ2v) is 8.35. The quantitative estimate of drug-likeness (QED) is 0.660. The molecule has 2 aliphatic rings. The van der Waals surface area contributed by atoms with Crippen LogP contribution in [0.4, 0.5) is 0 Å². The topological polar surface area (TPSA) is 74.9 Å². The molecule has 3 heterocycles. The van der Waals surface area contributed by atoms with E-state index in [1.165, 1.54) is 15.8 Å². The summed E-state index contributed by atoms with van der Waals surface area (Å²) in [6.45, 7) is 4.56. The van der Waals surface area contributed by atoms with E-state index in [2.05, 4.69) is 24.0 Å². The number of aromatic amines is 1. The van der Waals surface area contributed by atoms with Gasteiger partial charge in [-0.25, -0.2) is 0 Å². The molecule has 0 saturated heterocycles. The van der Waals surface area contributed by atoms with Gasteiger partial charge >= 0.3 is 0 Å². The first-order valence-electron chi connectivity index (χ1n) is 10.4. The summed E-state index contributed by atoms with van der Waals surface area (Å²) in [6.07, 6.45) is 1.43. The molecule has 0 saturated carbocycles. The molecule has 0 fully saturated rings. The summed E-state index contributed by atoms with van der Waals surface area (Å²) in [7, 11) is 1.63. The Morgan fingerprint density at radius 2 is 2.00 bits per heavy atom. The van der Waals surface area contributed by atoms with Crippen molar-refractivity contribution in [1.82, 2.24) is 14.8 Å². The highest BCUT2D eigenvalue weighted by Crippen LogP contribution is 2.46. The highest BCUT2D eigenvalue weighted by molar-refractivity contribution is 5.89. The molecule has 0 spiro atoms. The van der Waals surface area contributed by atoms with Crippen LogP contribution in [0.25, 0.3) is 10.9 Å². The molecule has 160 valence electrons. The number of hydrogen-bond acceptors (Lipinski definition) is 4. The minimum atomic E-state index is -0.761. The average Bonchev–Trinajstić information content (AvgIpc) is 3.42. The van der Waals surface area contributed by atoms with E-state index in [-0.39, 0.29) is 12.7 Å². The highest BCUT2D eigenvalue weighted by atomic mass is 16.7. The molecule has 31 heavy (non-hydrogen) atoms. The van der Waals surface area contributed by atoms with Gasteiger partial charge in [0.1, 0.15) is 11.6 Å². The Labute approximate surface area is 180 Å². The van der Waals surface area contributed by atoms with E-state index in [4.69, 9.17) is 9.47 Å². The van der Waals surface area contributed by atoms with Gasteiger partial charge in [-0.15, -0.1) is 0 Å². The Hall–Kier alpha value is -3.48. The predicted molar refractivity (Wildman–Crippen MR) is 116 cm³/mol. The van der Waals surface area contributed by atoms with Crippen molar-refractivity contribution in [2.45, 2.75) is 31.8 Å². The van der Waals surface area contributed by atoms with E-state index in [9.17, 15) is 9.59 Å². The summed E-state index contributed by atoms with van der Waals surface area (Å²) in [4.78, 5) is 31.8. The fraction of sp³-hybridized carbons (Fsp3) is 0.333. The summed E-state index contributed by atoms with van der Waals surface area (Å²) in [5.74, 6) is 1.28. The zero-order chi connectivity index (χ0) is 21.8. The number of amides is 2. The number of carbonyl (C=O) groups is 2. The SMILES string of the molecule is CC(C(=O)N1CCc2c([nH]c3ccccc23)C1(C)c1ccc2c(c1)OCO2)N(C)C=O. The third-order valence-corrected chi connectivity index (χ3v) is 6.76. The Morgan fingerprint density at radius 3 is 2.81 bits per heavy atom. The number of carbonyl (C=O) groups excluding carboxylic acids is 2. The number of nitrogens with zero attached hydrogens (tertiary/aromatic N) is 2. The molecule has 0 bridgehead atoms. The molecule has 7 heteroatoms. The van der Waals surface area contributed by atoms with E-state index >= 15 is 0 Å². The zero-order valence-electron chi connectivity index (χ0n) is 17.8. The standard InChI is InChI=1S/C24H25N3O4/c1-15(26(3)13-28)23(29)27-11-10-18-17-6-4-5-7-19(17)25-22(18)24(27,2)16-8-9-20-21(12-16)31-14-30-20/h4-9,12-13,15,25H,10-11,14H2,1-3H3. The molecular weight excluding hydrogens is 394 g/mol. The fourth-order valence-corrected chi connectivity index (χ4v) is 4.78. The van der Waals surface area contributed by atoms with E-state index in [1.54, 1.807) is 14.0 Å². The lowest BCUT2D eigenvalue weighted by molar-refractivity contribution is -0.144. The molecule has 1 aromatic heterocycles. The molecule has 2 amide bonds. The van der Waals surface area contributed by atoms with E-state index < -0.39 is 11.6 Å². The Morgan fingerprint density at radius 1 is 1.23 bits per heavy atom. The van der Waals surface area contributed by atoms with E-state index in [0.717, 1.165) is 23.2 Å². The van der Waals surface area contributed by atoms with Crippen LogP contribution in [0.3, 0.4) is 0 Å². The van der Waals surface area contributed by atoms with Gasteiger partial charge in [-0.3, -0.25) is 9.59 Å².